The Morgan fingerprint density at radius 1 is 1.59 bits per heavy atom. The van der Waals surface area contributed by atoms with Crippen molar-refractivity contribution < 1.29 is 9.90 Å². The number of nitrogens with zero attached hydrogens (tertiary/aromatic N) is 1. The zero-order valence-corrected chi connectivity index (χ0v) is 10.2. The average molecular weight is 255 g/mol. The third kappa shape index (κ3) is 2.96. The molecule has 2 N–H and O–H groups in total. The largest absolute Gasteiger partial charge is 0.396 e. The van der Waals surface area contributed by atoms with E-state index in [9.17, 15) is 9.90 Å². The number of carbonyl (C=O) groups excluding carboxylic acids is 1. The van der Waals surface area contributed by atoms with Crippen molar-refractivity contribution in [2.45, 2.75) is 25.3 Å². The summed E-state index contributed by atoms with van der Waals surface area (Å²) in [6, 6.07) is 3.22. The first-order chi connectivity index (χ1) is 8.20. The van der Waals surface area contributed by atoms with Crippen LogP contribution in [0.2, 0.25) is 5.02 Å². The van der Waals surface area contributed by atoms with E-state index in [0.717, 1.165) is 19.3 Å². The van der Waals surface area contributed by atoms with Gasteiger partial charge in [0.25, 0.3) is 5.91 Å². The Hall–Kier alpha value is -1.13. The van der Waals surface area contributed by atoms with Gasteiger partial charge in [0.2, 0.25) is 0 Å². The van der Waals surface area contributed by atoms with Crippen LogP contribution in [0.15, 0.2) is 18.3 Å². The lowest BCUT2D eigenvalue weighted by Gasteiger charge is -2.18. The van der Waals surface area contributed by atoms with Crippen molar-refractivity contribution in [1.82, 2.24) is 10.3 Å². The second kappa shape index (κ2) is 5.47. The number of hydrogen-bond donors (Lipinski definition) is 2. The van der Waals surface area contributed by atoms with Gasteiger partial charge in [-0.05, 0) is 25.0 Å². The molecule has 1 saturated carbocycles. The summed E-state index contributed by atoms with van der Waals surface area (Å²) in [5.74, 6) is -0.0593. The molecule has 2 atom stereocenters. The van der Waals surface area contributed by atoms with Gasteiger partial charge in [0.05, 0.1) is 0 Å². The predicted octanol–water partition coefficient (Wildman–Crippen LogP) is 1.63. The van der Waals surface area contributed by atoms with Crippen molar-refractivity contribution in [2.24, 2.45) is 5.92 Å². The van der Waals surface area contributed by atoms with Crippen molar-refractivity contribution in [3.63, 3.8) is 0 Å². The summed E-state index contributed by atoms with van der Waals surface area (Å²) in [5, 5.41) is 12.6. The van der Waals surface area contributed by atoms with E-state index in [-0.39, 0.29) is 24.5 Å². The molecule has 1 aliphatic carbocycles. The lowest BCUT2D eigenvalue weighted by molar-refractivity contribution is 0.0911. The first-order valence-corrected chi connectivity index (χ1v) is 6.12. The monoisotopic (exact) mass is 254 g/mol. The highest BCUT2D eigenvalue weighted by molar-refractivity contribution is 6.30. The first-order valence-electron chi connectivity index (χ1n) is 5.74. The molecule has 17 heavy (non-hydrogen) atoms. The molecule has 1 amide bonds. The van der Waals surface area contributed by atoms with Gasteiger partial charge in [0.15, 0.2) is 0 Å². The predicted molar refractivity (Wildman–Crippen MR) is 64.9 cm³/mol. The number of amides is 1. The molecule has 1 fully saturated rings. The van der Waals surface area contributed by atoms with E-state index in [4.69, 9.17) is 11.6 Å². The smallest absolute Gasteiger partial charge is 0.270 e. The Kier molecular flexibility index (Phi) is 3.97. The highest BCUT2D eigenvalue weighted by atomic mass is 35.5. The zero-order chi connectivity index (χ0) is 12.3. The second-order valence-corrected chi connectivity index (χ2v) is 4.75. The summed E-state index contributed by atoms with van der Waals surface area (Å²) in [6.07, 6.45) is 4.43. The quantitative estimate of drug-likeness (QED) is 0.862. The number of rotatable bonds is 3. The van der Waals surface area contributed by atoms with Crippen molar-refractivity contribution in [3.8, 4) is 0 Å². The summed E-state index contributed by atoms with van der Waals surface area (Å²) in [5.41, 5.74) is 0.320. The molecule has 4 nitrogen and oxygen atoms in total. The van der Waals surface area contributed by atoms with Gasteiger partial charge in [-0.2, -0.15) is 0 Å². The van der Waals surface area contributed by atoms with E-state index in [1.165, 1.54) is 6.20 Å². The van der Waals surface area contributed by atoms with Crippen molar-refractivity contribution >= 4 is 17.5 Å². The fourth-order valence-corrected chi connectivity index (χ4v) is 2.38. The first kappa shape index (κ1) is 12.3. The summed E-state index contributed by atoms with van der Waals surface area (Å²) >= 11 is 5.80. The van der Waals surface area contributed by atoms with Crippen LogP contribution in [0.4, 0.5) is 0 Å². The highest BCUT2D eigenvalue weighted by Gasteiger charge is 2.28. The molecule has 1 aromatic rings. The molecule has 1 aliphatic rings. The molecule has 92 valence electrons. The topological polar surface area (TPSA) is 62.2 Å². The van der Waals surface area contributed by atoms with Gasteiger partial charge < -0.3 is 10.4 Å². The molecule has 0 bridgehead atoms. The van der Waals surface area contributed by atoms with E-state index in [0.29, 0.717) is 10.7 Å². The van der Waals surface area contributed by atoms with Gasteiger partial charge in [0.1, 0.15) is 5.69 Å². The molecule has 1 heterocycles. The molecule has 0 radical (unpaired) electrons. The van der Waals surface area contributed by atoms with E-state index in [2.05, 4.69) is 10.3 Å². The summed E-state index contributed by atoms with van der Waals surface area (Å²) < 4.78 is 0. The van der Waals surface area contributed by atoms with Crippen LogP contribution in [-0.2, 0) is 0 Å². The molecule has 0 spiro atoms. The molecule has 5 heteroatoms. The van der Waals surface area contributed by atoms with E-state index in [1.54, 1.807) is 12.1 Å². The molecule has 0 saturated heterocycles. The Morgan fingerprint density at radius 3 is 3.12 bits per heavy atom. The van der Waals surface area contributed by atoms with Crippen molar-refractivity contribution in [1.29, 1.82) is 0 Å². The van der Waals surface area contributed by atoms with Gasteiger partial charge in [-0.25, -0.2) is 0 Å². The van der Waals surface area contributed by atoms with Crippen molar-refractivity contribution in [2.75, 3.05) is 6.61 Å². The molecule has 1 aromatic heterocycles. The Labute approximate surface area is 105 Å². The lowest BCUT2D eigenvalue weighted by atomic mass is 10.1. The van der Waals surface area contributed by atoms with Crippen LogP contribution in [0.25, 0.3) is 0 Å². The van der Waals surface area contributed by atoms with Gasteiger partial charge in [-0.3, -0.25) is 9.78 Å². The SMILES string of the molecule is O=C(NC1CCCC1CO)c1cc(Cl)ccn1. The molecule has 0 aliphatic heterocycles. The van der Waals surface area contributed by atoms with Crippen LogP contribution >= 0.6 is 11.6 Å². The third-order valence-electron chi connectivity index (χ3n) is 3.16. The van der Waals surface area contributed by atoms with Gasteiger partial charge >= 0.3 is 0 Å². The van der Waals surface area contributed by atoms with Gasteiger partial charge in [-0.15, -0.1) is 0 Å². The van der Waals surface area contributed by atoms with E-state index in [1.807, 2.05) is 0 Å². The van der Waals surface area contributed by atoms with Crippen LogP contribution in [0.5, 0.6) is 0 Å². The average Bonchev–Trinajstić information content (AvgIpc) is 2.76. The van der Waals surface area contributed by atoms with Gasteiger partial charge in [0, 0.05) is 29.8 Å². The summed E-state index contributed by atoms with van der Waals surface area (Å²) in [4.78, 5) is 15.9. The number of aliphatic hydroxyl groups excluding tert-OH is 1. The van der Waals surface area contributed by atoms with Gasteiger partial charge in [-0.1, -0.05) is 18.0 Å². The zero-order valence-electron chi connectivity index (χ0n) is 9.40. The summed E-state index contributed by atoms with van der Waals surface area (Å²) in [6.45, 7) is 0.119. The number of hydrogen-bond acceptors (Lipinski definition) is 3. The maximum Gasteiger partial charge on any atom is 0.270 e. The Bertz CT molecular complexity index is 411. The minimum Gasteiger partial charge on any atom is -0.396 e. The Morgan fingerprint density at radius 2 is 2.41 bits per heavy atom. The second-order valence-electron chi connectivity index (χ2n) is 4.31. The highest BCUT2D eigenvalue weighted by Crippen LogP contribution is 2.25. The van der Waals surface area contributed by atoms with E-state index < -0.39 is 0 Å². The van der Waals surface area contributed by atoms with Crippen molar-refractivity contribution in [3.05, 3.63) is 29.0 Å². The maximum absolute atomic E-state index is 11.9. The fourth-order valence-electron chi connectivity index (χ4n) is 2.22. The maximum atomic E-state index is 11.9. The lowest BCUT2D eigenvalue weighted by Crippen LogP contribution is -2.38. The van der Waals surface area contributed by atoms with Crippen LogP contribution in [0.3, 0.4) is 0 Å². The minimum absolute atomic E-state index is 0.0493. The standard InChI is InChI=1S/C12H15ClN2O2/c13-9-4-5-14-11(6-9)12(17)15-10-3-1-2-8(10)7-16/h4-6,8,10,16H,1-3,7H2,(H,15,17). The number of aromatic nitrogens is 1. The van der Waals surface area contributed by atoms with Crippen LogP contribution in [-0.4, -0.2) is 28.6 Å². The normalized spacial score (nSPS) is 23.6. The van der Waals surface area contributed by atoms with Crippen LogP contribution < -0.4 is 5.32 Å². The molecular formula is C12H15ClN2O2. The van der Waals surface area contributed by atoms with Crippen LogP contribution in [0.1, 0.15) is 29.8 Å². The Balaban J connectivity index is 2.01. The minimum atomic E-state index is -0.224. The number of nitrogens with one attached hydrogen (secondary N) is 1. The molecule has 2 unspecified atom stereocenters. The number of pyridine rings is 1. The fraction of sp³-hybridized carbons (Fsp3) is 0.500. The van der Waals surface area contributed by atoms with E-state index >= 15 is 0 Å². The number of aliphatic hydroxyl groups is 1. The molecular weight excluding hydrogens is 240 g/mol. The number of carbonyl (C=O) groups is 1. The molecule has 0 aromatic carbocycles. The third-order valence-corrected chi connectivity index (χ3v) is 3.40. The van der Waals surface area contributed by atoms with Crippen LogP contribution in [0, 0.1) is 5.92 Å². The number of halogens is 1. The molecule has 2 rings (SSSR count). The summed E-state index contributed by atoms with van der Waals surface area (Å²) in [7, 11) is 0.